The van der Waals surface area contributed by atoms with E-state index in [2.05, 4.69) is 44.8 Å². The lowest BCUT2D eigenvalue weighted by Gasteiger charge is -2.28. The molecule has 1 heterocycles. The van der Waals surface area contributed by atoms with Crippen molar-refractivity contribution >= 4 is 5.96 Å². The molecule has 150 valence electrons. The molecule has 6 nitrogen and oxygen atoms in total. The van der Waals surface area contributed by atoms with Crippen LogP contribution >= 0.6 is 0 Å². The molecule has 2 aromatic rings. The number of nitrogens with zero attached hydrogens (tertiary/aromatic N) is 2. The smallest absolute Gasteiger partial charge is 0.191 e. The van der Waals surface area contributed by atoms with Crippen LogP contribution in [-0.4, -0.2) is 51.8 Å². The second-order valence-corrected chi connectivity index (χ2v) is 6.84. The molecule has 3 rings (SSSR count). The first-order valence-electron chi connectivity index (χ1n) is 9.68. The van der Waals surface area contributed by atoms with E-state index in [4.69, 9.17) is 9.47 Å². The Hall–Kier alpha value is -2.73. The van der Waals surface area contributed by atoms with E-state index in [1.165, 1.54) is 11.1 Å². The first kappa shape index (κ1) is 20.0. The highest BCUT2D eigenvalue weighted by atomic mass is 16.5. The summed E-state index contributed by atoms with van der Waals surface area (Å²) in [6.07, 6.45) is 1.13. The zero-order valence-electron chi connectivity index (χ0n) is 17.0. The molecular weight excluding hydrogens is 352 g/mol. The molecule has 0 amide bonds. The van der Waals surface area contributed by atoms with Crippen molar-refractivity contribution in [2.45, 2.75) is 19.5 Å². The molecule has 28 heavy (non-hydrogen) atoms. The topological polar surface area (TPSA) is 58.1 Å². The van der Waals surface area contributed by atoms with Crippen molar-refractivity contribution in [2.24, 2.45) is 4.99 Å². The summed E-state index contributed by atoms with van der Waals surface area (Å²) in [7, 11) is 5.08. The van der Waals surface area contributed by atoms with Gasteiger partial charge in [-0.2, -0.15) is 0 Å². The Kier molecular flexibility index (Phi) is 7.14. The van der Waals surface area contributed by atoms with E-state index in [9.17, 15) is 0 Å². The van der Waals surface area contributed by atoms with Crippen molar-refractivity contribution in [3.05, 3.63) is 59.2 Å². The number of aliphatic imine (C=N–C) groups is 1. The summed E-state index contributed by atoms with van der Waals surface area (Å²) in [6, 6.07) is 14.6. The number of hydrogen-bond donors (Lipinski definition) is 2. The van der Waals surface area contributed by atoms with Gasteiger partial charge < -0.3 is 20.1 Å². The minimum Gasteiger partial charge on any atom is -0.493 e. The summed E-state index contributed by atoms with van der Waals surface area (Å²) < 4.78 is 10.6. The maximum atomic E-state index is 5.36. The molecule has 0 aromatic heterocycles. The zero-order chi connectivity index (χ0) is 19.8. The fraction of sp³-hybridized carbons (Fsp3) is 0.409. The fourth-order valence-corrected chi connectivity index (χ4v) is 3.47. The fourth-order valence-electron chi connectivity index (χ4n) is 3.47. The molecule has 0 radical (unpaired) electrons. The van der Waals surface area contributed by atoms with Gasteiger partial charge in [-0.15, -0.1) is 0 Å². The SMILES string of the molecule is CN=C(NCCN1CCc2ccccc2C1)NCc1ccc(OC)c(OC)c1. The van der Waals surface area contributed by atoms with Gasteiger partial charge in [0, 0.05) is 39.8 Å². The Morgan fingerprint density at radius 1 is 1.04 bits per heavy atom. The third kappa shape index (κ3) is 5.16. The number of hydrogen-bond acceptors (Lipinski definition) is 4. The van der Waals surface area contributed by atoms with Gasteiger partial charge in [0.05, 0.1) is 14.2 Å². The highest BCUT2D eigenvalue weighted by Crippen LogP contribution is 2.27. The van der Waals surface area contributed by atoms with Crippen LogP contribution in [0.1, 0.15) is 16.7 Å². The Labute approximate surface area is 167 Å². The number of methoxy groups -OCH3 is 2. The van der Waals surface area contributed by atoms with E-state index in [1.54, 1.807) is 21.3 Å². The minimum absolute atomic E-state index is 0.664. The van der Waals surface area contributed by atoms with Crippen LogP contribution in [0.2, 0.25) is 0 Å². The third-order valence-electron chi connectivity index (χ3n) is 5.06. The lowest BCUT2D eigenvalue weighted by Crippen LogP contribution is -2.42. The Bertz CT molecular complexity index is 807. The Balaban J connectivity index is 1.44. The summed E-state index contributed by atoms with van der Waals surface area (Å²) in [5.74, 6) is 2.26. The summed E-state index contributed by atoms with van der Waals surface area (Å²) in [5, 5.41) is 6.76. The molecule has 0 aliphatic carbocycles. The van der Waals surface area contributed by atoms with Crippen LogP contribution in [-0.2, 0) is 19.5 Å². The number of ether oxygens (including phenoxy) is 2. The van der Waals surface area contributed by atoms with Gasteiger partial charge in [-0.3, -0.25) is 9.89 Å². The predicted molar refractivity (Wildman–Crippen MR) is 113 cm³/mol. The molecule has 0 unspecified atom stereocenters. The van der Waals surface area contributed by atoms with E-state index in [0.717, 1.165) is 55.6 Å². The van der Waals surface area contributed by atoms with Gasteiger partial charge in [0.1, 0.15) is 0 Å². The summed E-state index contributed by atoms with van der Waals surface area (Å²) in [6.45, 7) is 4.64. The molecule has 1 aliphatic rings. The lowest BCUT2D eigenvalue weighted by molar-refractivity contribution is 0.258. The molecule has 2 aromatic carbocycles. The monoisotopic (exact) mass is 382 g/mol. The number of benzene rings is 2. The first-order valence-corrected chi connectivity index (χ1v) is 9.68. The average molecular weight is 383 g/mol. The van der Waals surface area contributed by atoms with Crippen LogP contribution in [0.25, 0.3) is 0 Å². The van der Waals surface area contributed by atoms with Crippen molar-refractivity contribution in [3.63, 3.8) is 0 Å². The summed E-state index contributed by atoms with van der Waals surface area (Å²) in [5.41, 5.74) is 4.04. The molecule has 0 saturated heterocycles. The van der Waals surface area contributed by atoms with Crippen LogP contribution in [0.4, 0.5) is 0 Å². The largest absolute Gasteiger partial charge is 0.493 e. The molecule has 0 saturated carbocycles. The van der Waals surface area contributed by atoms with Crippen molar-refractivity contribution in [3.8, 4) is 11.5 Å². The number of nitrogens with one attached hydrogen (secondary N) is 2. The maximum Gasteiger partial charge on any atom is 0.191 e. The average Bonchev–Trinajstić information content (AvgIpc) is 2.75. The molecule has 6 heteroatoms. The predicted octanol–water partition coefficient (Wildman–Crippen LogP) is 2.43. The highest BCUT2D eigenvalue weighted by Gasteiger charge is 2.15. The first-order chi connectivity index (χ1) is 13.7. The van der Waals surface area contributed by atoms with Gasteiger partial charge in [-0.05, 0) is 35.2 Å². The van der Waals surface area contributed by atoms with Crippen LogP contribution in [0.5, 0.6) is 11.5 Å². The van der Waals surface area contributed by atoms with Crippen molar-refractivity contribution < 1.29 is 9.47 Å². The number of guanidine groups is 1. The van der Waals surface area contributed by atoms with E-state index in [0.29, 0.717) is 6.54 Å². The standard InChI is InChI=1S/C22H30N4O2/c1-23-22(25-15-17-8-9-20(27-2)21(14-17)28-3)24-11-13-26-12-10-18-6-4-5-7-19(18)16-26/h4-9,14H,10-13,15-16H2,1-3H3,(H2,23,24,25). The number of fused-ring (bicyclic) bond motifs is 1. The van der Waals surface area contributed by atoms with Gasteiger partial charge in [-0.1, -0.05) is 30.3 Å². The minimum atomic E-state index is 0.664. The van der Waals surface area contributed by atoms with Gasteiger partial charge in [0.2, 0.25) is 0 Å². The molecule has 0 atom stereocenters. The summed E-state index contributed by atoms with van der Waals surface area (Å²) >= 11 is 0. The zero-order valence-corrected chi connectivity index (χ0v) is 17.0. The van der Waals surface area contributed by atoms with E-state index >= 15 is 0 Å². The van der Waals surface area contributed by atoms with Crippen molar-refractivity contribution in [2.75, 3.05) is 40.9 Å². The Morgan fingerprint density at radius 3 is 2.57 bits per heavy atom. The quantitative estimate of drug-likeness (QED) is 0.569. The molecule has 2 N–H and O–H groups in total. The van der Waals surface area contributed by atoms with Crippen LogP contribution < -0.4 is 20.1 Å². The maximum absolute atomic E-state index is 5.36. The van der Waals surface area contributed by atoms with Crippen LogP contribution in [0, 0.1) is 0 Å². The van der Waals surface area contributed by atoms with E-state index < -0.39 is 0 Å². The van der Waals surface area contributed by atoms with Gasteiger partial charge in [0.15, 0.2) is 17.5 Å². The third-order valence-corrected chi connectivity index (χ3v) is 5.06. The molecular formula is C22H30N4O2. The second kappa shape index (κ2) is 9.99. The number of rotatable bonds is 7. The highest BCUT2D eigenvalue weighted by molar-refractivity contribution is 5.79. The van der Waals surface area contributed by atoms with Gasteiger partial charge >= 0.3 is 0 Å². The van der Waals surface area contributed by atoms with E-state index in [-0.39, 0.29) is 0 Å². The normalized spacial score (nSPS) is 14.3. The second-order valence-electron chi connectivity index (χ2n) is 6.84. The van der Waals surface area contributed by atoms with Crippen molar-refractivity contribution in [1.29, 1.82) is 0 Å². The molecule has 1 aliphatic heterocycles. The molecule has 0 spiro atoms. The van der Waals surface area contributed by atoms with E-state index in [1.807, 2.05) is 18.2 Å². The molecule has 0 bridgehead atoms. The molecule has 0 fully saturated rings. The lowest BCUT2D eigenvalue weighted by atomic mass is 10.00. The van der Waals surface area contributed by atoms with Crippen LogP contribution in [0.15, 0.2) is 47.5 Å². The van der Waals surface area contributed by atoms with Gasteiger partial charge in [0.25, 0.3) is 0 Å². The van der Waals surface area contributed by atoms with Gasteiger partial charge in [-0.25, -0.2) is 0 Å². The van der Waals surface area contributed by atoms with Crippen LogP contribution in [0.3, 0.4) is 0 Å². The van der Waals surface area contributed by atoms with Crippen molar-refractivity contribution in [1.82, 2.24) is 15.5 Å². The Morgan fingerprint density at radius 2 is 1.82 bits per heavy atom. The summed E-state index contributed by atoms with van der Waals surface area (Å²) in [4.78, 5) is 6.80.